The smallest absolute Gasteiger partial charge is 0.0642 e. The molecule has 1 N–H and O–H groups in total. The number of ether oxygens (including phenoxy) is 1. The first-order valence-corrected chi connectivity index (χ1v) is 10.9. The van der Waals surface area contributed by atoms with E-state index in [1.807, 2.05) is 0 Å². The minimum absolute atomic E-state index is 0.308. The number of likely N-dealkylation sites (tertiary alicyclic amines) is 1. The molecule has 0 aromatic heterocycles. The first-order chi connectivity index (χ1) is 13.7. The van der Waals surface area contributed by atoms with Gasteiger partial charge in [-0.3, -0.25) is 4.90 Å². The lowest BCUT2D eigenvalue weighted by molar-refractivity contribution is 0.116. The van der Waals surface area contributed by atoms with Gasteiger partial charge in [-0.2, -0.15) is 0 Å². The quantitative estimate of drug-likeness (QED) is 0.778. The third-order valence-corrected chi connectivity index (χ3v) is 6.67. The number of aliphatic hydroxyl groups is 1. The molecule has 4 rings (SSSR count). The van der Waals surface area contributed by atoms with Crippen LogP contribution in [0, 0.1) is 11.8 Å². The molecular weight excluding hydrogens is 352 g/mol. The SMILES string of the molecule is CN1CCN(CC2CN(Cc3cccc(N4CCOCC4)c3)CC2CO)CC1. The monoisotopic (exact) mass is 388 g/mol. The fourth-order valence-corrected chi connectivity index (χ4v) is 4.87. The summed E-state index contributed by atoms with van der Waals surface area (Å²) >= 11 is 0. The fraction of sp³-hybridized carbons (Fsp3) is 0.727. The minimum Gasteiger partial charge on any atom is -0.396 e. The standard InChI is InChI=1S/C22H36N4O2/c1-23-5-7-24(8-6-23)15-20-16-25(17-21(20)18-27)14-19-3-2-4-22(13-19)26-9-11-28-12-10-26/h2-4,13,20-21,27H,5-12,14-18H2,1H3. The average molecular weight is 389 g/mol. The lowest BCUT2D eigenvalue weighted by atomic mass is 9.96. The molecule has 0 aliphatic carbocycles. The average Bonchev–Trinajstić information content (AvgIpc) is 3.11. The zero-order valence-electron chi connectivity index (χ0n) is 17.3. The summed E-state index contributed by atoms with van der Waals surface area (Å²) in [6.45, 7) is 12.8. The van der Waals surface area contributed by atoms with E-state index in [4.69, 9.17) is 4.74 Å². The van der Waals surface area contributed by atoms with Crippen molar-refractivity contribution < 1.29 is 9.84 Å². The van der Waals surface area contributed by atoms with Crippen molar-refractivity contribution >= 4 is 5.69 Å². The van der Waals surface area contributed by atoms with Crippen molar-refractivity contribution in [2.45, 2.75) is 6.54 Å². The molecule has 6 heteroatoms. The molecule has 156 valence electrons. The van der Waals surface area contributed by atoms with Crippen molar-refractivity contribution in [1.82, 2.24) is 14.7 Å². The van der Waals surface area contributed by atoms with Crippen molar-refractivity contribution in [3.63, 3.8) is 0 Å². The summed E-state index contributed by atoms with van der Waals surface area (Å²) in [6.07, 6.45) is 0. The van der Waals surface area contributed by atoms with E-state index in [1.54, 1.807) is 0 Å². The van der Waals surface area contributed by atoms with Crippen molar-refractivity contribution in [1.29, 1.82) is 0 Å². The zero-order chi connectivity index (χ0) is 19.3. The van der Waals surface area contributed by atoms with Gasteiger partial charge in [-0.25, -0.2) is 0 Å². The van der Waals surface area contributed by atoms with Crippen LogP contribution in [0.25, 0.3) is 0 Å². The largest absolute Gasteiger partial charge is 0.396 e. The van der Waals surface area contributed by atoms with Crippen LogP contribution in [0.3, 0.4) is 0 Å². The molecule has 0 amide bonds. The van der Waals surface area contributed by atoms with Gasteiger partial charge in [-0.05, 0) is 36.6 Å². The Labute approximate surface area is 169 Å². The molecular formula is C22H36N4O2. The van der Waals surface area contributed by atoms with Gasteiger partial charge in [0, 0.05) is 77.7 Å². The molecule has 28 heavy (non-hydrogen) atoms. The number of rotatable bonds is 6. The van der Waals surface area contributed by atoms with Gasteiger partial charge in [-0.15, -0.1) is 0 Å². The van der Waals surface area contributed by atoms with Gasteiger partial charge in [0.05, 0.1) is 13.2 Å². The van der Waals surface area contributed by atoms with Crippen LogP contribution < -0.4 is 4.90 Å². The van der Waals surface area contributed by atoms with Gasteiger partial charge < -0.3 is 24.5 Å². The first kappa shape index (κ1) is 20.1. The molecule has 2 atom stereocenters. The summed E-state index contributed by atoms with van der Waals surface area (Å²) in [5, 5.41) is 9.93. The van der Waals surface area contributed by atoms with Gasteiger partial charge in [0.2, 0.25) is 0 Å². The van der Waals surface area contributed by atoms with Crippen molar-refractivity contribution in [3.8, 4) is 0 Å². The molecule has 3 heterocycles. The topological polar surface area (TPSA) is 42.4 Å². The minimum atomic E-state index is 0.308. The van der Waals surface area contributed by atoms with Crippen LogP contribution in [-0.4, -0.2) is 106 Å². The molecule has 0 radical (unpaired) electrons. The molecule has 3 aliphatic rings. The van der Waals surface area contributed by atoms with E-state index in [-0.39, 0.29) is 0 Å². The highest BCUT2D eigenvalue weighted by molar-refractivity contribution is 5.49. The van der Waals surface area contributed by atoms with E-state index >= 15 is 0 Å². The number of morpholine rings is 1. The van der Waals surface area contributed by atoms with Crippen molar-refractivity contribution in [2.75, 3.05) is 90.7 Å². The maximum Gasteiger partial charge on any atom is 0.0642 e. The van der Waals surface area contributed by atoms with Gasteiger partial charge >= 0.3 is 0 Å². The summed E-state index contributed by atoms with van der Waals surface area (Å²) in [7, 11) is 2.20. The molecule has 3 saturated heterocycles. The zero-order valence-corrected chi connectivity index (χ0v) is 17.3. The fourth-order valence-electron chi connectivity index (χ4n) is 4.87. The Balaban J connectivity index is 1.33. The molecule has 0 bridgehead atoms. The molecule has 1 aromatic rings. The second-order valence-electron chi connectivity index (χ2n) is 8.77. The Bertz CT molecular complexity index is 614. The number of hydrogen-bond donors (Lipinski definition) is 1. The molecule has 0 spiro atoms. The molecule has 0 saturated carbocycles. The Morgan fingerprint density at radius 1 is 0.964 bits per heavy atom. The summed E-state index contributed by atoms with van der Waals surface area (Å²) in [5.41, 5.74) is 2.69. The predicted octanol–water partition coefficient (Wildman–Crippen LogP) is 0.811. The van der Waals surface area contributed by atoms with Crippen LogP contribution in [0.4, 0.5) is 5.69 Å². The van der Waals surface area contributed by atoms with Gasteiger partial charge in [0.1, 0.15) is 0 Å². The number of anilines is 1. The highest BCUT2D eigenvalue weighted by Gasteiger charge is 2.33. The second kappa shape index (κ2) is 9.55. The van der Waals surface area contributed by atoms with Crippen LogP contribution in [0.15, 0.2) is 24.3 Å². The number of likely N-dealkylation sites (N-methyl/N-ethyl adjacent to an activating group) is 1. The van der Waals surface area contributed by atoms with Crippen LogP contribution in [0.1, 0.15) is 5.56 Å². The van der Waals surface area contributed by atoms with Crippen LogP contribution in [0.2, 0.25) is 0 Å². The van der Waals surface area contributed by atoms with Crippen LogP contribution in [0.5, 0.6) is 0 Å². The Hall–Kier alpha value is -1.18. The number of aliphatic hydroxyl groups excluding tert-OH is 1. The summed E-state index contributed by atoms with van der Waals surface area (Å²) in [5.74, 6) is 0.984. The molecule has 6 nitrogen and oxygen atoms in total. The van der Waals surface area contributed by atoms with Gasteiger partial charge in [0.25, 0.3) is 0 Å². The third-order valence-electron chi connectivity index (χ3n) is 6.67. The van der Waals surface area contributed by atoms with E-state index < -0.39 is 0 Å². The number of hydrogen-bond acceptors (Lipinski definition) is 6. The lowest BCUT2D eigenvalue weighted by Gasteiger charge is -2.34. The summed E-state index contributed by atoms with van der Waals surface area (Å²) in [6, 6.07) is 8.98. The maximum atomic E-state index is 9.93. The summed E-state index contributed by atoms with van der Waals surface area (Å²) < 4.78 is 5.48. The van der Waals surface area contributed by atoms with E-state index in [0.717, 1.165) is 78.7 Å². The molecule has 2 unspecified atom stereocenters. The van der Waals surface area contributed by atoms with E-state index in [9.17, 15) is 5.11 Å². The number of nitrogens with zero attached hydrogens (tertiary/aromatic N) is 4. The third kappa shape index (κ3) is 5.05. The highest BCUT2D eigenvalue weighted by atomic mass is 16.5. The Morgan fingerprint density at radius 2 is 1.71 bits per heavy atom. The number of benzene rings is 1. The van der Waals surface area contributed by atoms with Crippen molar-refractivity contribution in [2.24, 2.45) is 11.8 Å². The maximum absolute atomic E-state index is 9.93. The highest BCUT2D eigenvalue weighted by Crippen LogP contribution is 2.27. The normalized spacial score (nSPS) is 28.1. The molecule has 3 aliphatic heterocycles. The Kier molecular flexibility index (Phi) is 6.86. The summed E-state index contributed by atoms with van der Waals surface area (Å²) in [4.78, 5) is 9.96. The van der Waals surface area contributed by atoms with Crippen LogP contribution >= 0.6 is 0 Å². The van der Waals surface area contributed by atoms with E-state index in [0.29, 0.717) is 18.4 Å². The number of piperazine rings is 1. The van der Waals surface area contributed by atoms with Gasteiger partial charge in [-0.1, -0.05) is 12.1 Å². The molecule has 1 aromatic carbocycles. The predicted molar refractivity (Wildman–Crippen MR) is 113 cm³/mol. The first-order valence-electron chi connectivity index (χ1n) is 10.9. The lowest BCUT2D eigenvalue weighted by Crippen LogP contribution is -2.47. The second-order valence-corrected chi connectivity index (χ2v) is 8.77. The van der Waals surface area contributed by atoms with Crippen LogP contribution in [-0.2, 0) is 11.3 Å². The van der Waals surface area contributed by atoms with E-state index in [1.165, 1.54) is 11.3 Å². The van der Waals surface area contributed by atoms with E-state index in [2.05, 4.69) is 50.9 Å². The molecule has 3 fully saturated rings. The van der Waals surface area contributed by atoms with Crippen molar-refractivity contribution in [3.05, 3.63) is 29.8 Å². The van der Waals surface area contributed by atoms with Gasteiger partial charge in [0.15, 0.2) is 0 Å². The Morgan fingerprint density at radius 3 is 2.46 bits per heavy atom.